The summed E-state index contributed by atoms with van der Waals surface area (Å²) in [7, 11) is 3.25. The van der Waals surface area contributed by atoms with Gasteiger partial charge < -0.3 is 10.6 Å². The zero-order valence-corrected chi connectivity index (χ0v) is 13.8. The molecule has 0 amide bonds. The second kappa shape index (κ2) is 9.46. The Balaban J connectivity index is 0.00000264. The van der Waals surface area contributed by atoms with Gasteiger partial charge in [0.15, 0.2) is 0 Å². The van der Waals surface area contributed by atoms with Gasteiger partial charge in [0.2, 0.25) is 11.9 Å². The molecule has 0 unspecified atom stereocenters. The molecule has 2 N–H and O–H groups in total. The van der Waals surface area contributed by atoms with E-state index in [-0.39, 0.29) is 12.4 Å². The normalized spacial score (nSPS) is 9.43. The monoisotopic (exact) mass is 334 g/mol. The van der Waals surface area contributed by atoms with Crippen molar-refractivity contribution < 1.29 is 4.84 Å². The van der Waals surface area contributed by atoms with E-state index in [1.165, 1.54) is 12.2 Å². The van der Waals surface area contributed by atoms with Gasteiger partial charge in [0.1, 0.15) is 0 Å². The van der Waals surface area contributed by atoms with Gasteiger partial charge in [0, 0.05) is 13.6 Å². The van der Waals surface area contributed by atoms with Crippen molar-refractivity contribution in [3.63, 3.8) is 0 Å². The van der Waals surface area contributed by atoms with Gasteiger partial charge in [0.25, 0.3) is 5.95 Å². The fourth-order valence-electron chi connectivity index (χ4n) is 1.65. The zero-order chi connectivity index (χ0) is 15.8. The maximum Gasteiger partial charge on any atom is 0.256 e. The molecule has 0 radical (unpaired) electrons. The number of halogens is 1. The summed E-state index contributed by atoms with van der Waals surface area (Å²) in [4.78, 5) is 17.9. The molecular formula is C15H19ClN6O. The average molecular weight is 335 g/mol. The van der Waals surface area contributed by atoms with Crippen molar-refractivity contribution >= 4 is 30.3 Å². The third-order valence-corrected chi connectivity index (χ3v) is 2.82. The number of nitrogens with zero attached hydrogens (tertiary/aromatic N) is 4. The number of rotatable bonds is 7. The molecule has 0 spiro atoms. The molecule has 7 nitrogen and oxygen atoms in total. The Morgan fingerprint density at radius 3 is 2.39 bits per heavy atom. The zero-order valence-electron chi connectivity index (χ0n) is 13.0. The van der Waals surface area contributed by atoms with Gasteiger partial charge >= 0.3 is 0 Å². The first-order chi connectivity index (χ1) is 10.7. The van der Waals surface area contributed by atoms with Crippen LogP contribution >= 0.6 is 12.4 Å². The molecule has 2 rings (SSSR count). The summed E-state index contributed by atoms with van der Waals surface area (Å²) < 4.78 is 0. The van der Waals surface area contributed by atoms with Crippen LogP contribution in [0, 0.1) is 12.3 Å². The van der Waals surface area contributed by atoms with E-state index in [1.54, 1.807) is 7.05 Å². The number of hydrogen-bond acceptors (Lipinski definition) is 7. The second-order valence-corrected chi connectivity index (χ2v) is 4.36. The van der Waals surface area contributed by atoms with Crippen molar-refractivity contribution in [3.8, 4) is 12.3 Å². The molecule has 0 fully saturated rings. The lowest BCUT2D eigenvalue weighted by molar-refractivity contribution is 0.180. The van der Waals surface area contributed by atoms with E-state index in [0.29, 0.717) is 30.9 Å². The number of nitrogens with one attached hydrogen (secondary N) is 2. The van der Waals surface area contributed by atoms with Crippen molar-refractivity contribution in [1.29, 1.82) is 0 Å². The summed E-state index contributed by atoms with van der Waals surface area (Å²) in [5, 5.41) is 7.53. The minimum Gasteiger partial charge on any atom is -0.350 e. The lowest BCUT2D eigenvalue weighted by Crippen LogP contribution is -2.20. The second-order valence-electron chi connectivity index (χ2n) is 4.36. The van der Waals surface area contributed by atoms with Gasteiger partial charge in [-0.1, -0.05) is 36.3 Å². The standard InChI is InChI=1S/C15H18N6O.ClH/c1-4-10-16-13-18-14(20-15(19-13)21(2)22-3)17-11-12-8-6-5-7-9-12;/h1,5-9H,10-11H2,2-3H3,(H2,16,17,18,19,20);1H. The summed E-state index contributed by atoms with van der Waals surface area (Å²) in [5.74, 6) is 3.69. The number of hydrogen-bond donors (Lipinski definition) is 2. The lowest BCUT2D eigenvalue weighted by Gasteiger charge is -2.15. The van der Waals surface area contributed by atoms with Crippen molar-refractivity contribution in [2.45, 2.75) is 6.54 Å². The van der Waals surface area contributed by atoms with E-state index in [2.05, 4.69) is 31.5 Å². The van der Waals surface area contributed by atoms with Gasteiger partial charge in [-0.05, 0) is 5.56 Å². The van der Waals surface area contributed by atoms with Gasteiger partial charge in [0.05, 0.1) is 13.7 Å². The summed E-state index contributed by atoms with van der Waals surface area (Å²) >= 11 is 0. The van der Waals surface area contributed by atoms with E-state index in [1.807, 2.05) is 30.3 Å². The first-order valence-electron chi connectivity index (χ1n) is 6.72. The van der Waals surface area contributed by atoms with Gasteiger partial charge in [-0.15, -0.1) is 18.8 Å². The van der Waals surface area contributed by atoms with Gasteiger partial charge in [-0.2, -0.15) is 15.0 Å². The highest BCUT2D eigenvalue weighted by molar-refractivity contribution is 5.85. The Labute approximate surface area is 141 Å². The van der Waals surface area contributed by atoms with E-state index >= 15 is 0 Å². The summed E-state index contributed by atoms with van der Waals surface area (Å²) in [6.45, 7) is 0.938. The first kappa shape index (κ1) is 18.5. The Bertz CT molecular complexity index is 646. The number of benzene rings is 1. The minimum atomic E-state index is 0. The van der Waals surface area contributed by atoms with Gasteiger partial charge in [-0.3, -0.25) is 4.84 Å². The molecule has 23 heavy (non-hydrogen) atoms. The third kappa shape index (κ3) is 5.62. The Morgan fingerprint density at radius 1 is 1.13 bits per heavy atom. The molecule has 2 aromatic rings. The maximum atomic E-state index is 5.24. The largest absolute Gasteiger partial charge is 0.350 e. The molecule has 8 heteroatoms. The van der Waals surface area contributed by atoms with Gasteiger partial charge in [-0.25, -0.2) is 5.06 Å². The molecule has 1 aromatic heterocycles. The molecule has 0 saturated heterocycles. The van der Waals surface area contributed by atoms with Crippen LogP contribution in [0.2, 0.25) is 0 Å². The van der Waals surface area contributed by atoms with E-state index < -0.39 is 0 Å². The number of hydroxylamine groups is 1. The maximum absolute atomic E-state index is 5.24. The number of terminal acetylenes is 1. The fourth-order valence-corrected chi connectivity index (χ4v) is 1.65. The molecule has 122 valence electrons. The summed E-state index contributed by atoms with van der Waals surface area (Å²) in [5.41, 5.74) is 1.13. The van der Waals surface area contributed by atoms with Crippen LogP contribution in [0.4, 0.5) is 17.8 Å². The highest BCUT2D eigenvalue weighted by Gasteiger charge is 2.09. The first-order valence-corrected chi connectivity index (χ1v) is 6.72. The molecular weight excluding hydrogens is 316 g/mol. The smallest absolute Gasteiger partial charge is 0.256 e. The Hall–Kier alpha value is -2.56. The van der Waals surface area contributed by atoms with Crippen molar-refractivity contribution in [2.75, 3.05) is 36.4 Å². The molecule has 0 aliphatic rings. The van der Waals surface area contributed by atoms with Crippen molar-refractivity contribution in [2.24, 2.45) is 0 Å². The predicted octanol–water partition coefficient (Wildman–Crippen LogP) is 1.95. The highest BCUT2D eigenvalue weighted by Crippen LogP contribution is 2.13. The van der Waals surface area contributed by atoms with Crippen LogP contribution in [0.5, 0.6) is 0 Å². The summed E-state index contributed by atoms with van der Waals surface area (Å²) in [6.07, 6.45) is 5.24. The van der Waals surface area contributed by atoms with E-state index in [4.69, 9.17) is 11.3 Å². The number of anilines is 3. The minimum absolute atomic E-state index is 0. The molecule has 1 heterocycles. The van der Waals surface area contributed by atoms with Crippen LogP contribution in [-0.4, -0.2) is 35.7 Å². The van der Waals surface area contributed by atoms with Crippen LogP contribution in [0.15, 0.2) is 30.3 Å². The molecule has 0 aliphatic carbocycles. The molecule has 1 aromatic carbocycles. The summed E-state index contributed by atoms with van der Waals surface area (Å²) in [6, 6.07) is 9.98. The van der Waals surface area contributed by atoms with E-state index in [0.717, 1.165) is 5.56 Å². The Morgan fingerprint density at radius 2 is 1.78 bits per heavy atom. The number of aromatic nitrogens is 3. The molecule has 0 bridgehead atoms. The molecule has 0 saturated carbocycles. The average Bonchev–Trinajstić information content (AvgIpc) is 2.58. The third-order valence-electron chi connectivity index (χ3n) is 2.82. The van der Waals surface area contributed by atoms with Crippen LogP contribution in [-0.2, 0) is 11.4 Å². The van der Waals surface area contributed by atoms with Crippen LogP contribution in [0.25, 0.3) is 0 Å². The molecule has 0 aliphatic heterocycles. The van der Waals surface area contributed by atoms with Crippen LogP contribution < -0.4 is 15.7 Å². The lowest BCUT2D eigenvalue weighted by atomic mass is 10.2. The topological polar surface area (TPSA) is 75.2 Å². The van der Waals surface area contributed by atoms with E-state index in [9.17, 15) is 0 Å². The highest BCUT2D eigenvalue weighted by atomic mass is 35.5. The van der Waals surface area contributed by atoms with Crippen LogP contribution in [0.3, 0.4) is 0 Å². The fraction of sp³-hybridized carbons (Fsp3) is 0.267. The molecule has 0 atom stereocenters. The Kier molecular flexibility index (Phi) is 7.60. The quantitative estimate of drug-likeness (QED) is 0.592. The van der Waals surface area contributed by atoms with Crippen molar-refractivity contribution in [3.05, 3.63) is 35.9 Å². The van der Waals surface area contributed by atoms with Crippen LogP contribution in [0.1, 0.15) is 5.56 Å². The SMILES string of the molecule is C#CCNc1nc(NCc2ccccc2)nc(N(C)OC)n1.Cl. The predicted molar refractivity (Wildman–Crippen MR) is 93.6 cm³/mol. The van der Waals surface area contributed by atoms with Crippen molar-refractivity contribution in [1.82, 2.24) is 15.0 Å².